The van der Waals surface area contributed by atoms with Crippen LogP contribution in [-0.4, -0.2) is 38.9 Å². The van der Waals surface area contributed by atoms with E-state index in [1.54, 1.807) is 48.9 Å². The minimum atomic E-state index is -3.54. The van der Waals surface area contributed by atoms with Crippen LogP contribution in [0.15, 0.2) is 46.0 Å². The van der Waals surface area contributed by atoms with Crippen LogP contribution in [0.3, 0.4) is 0 Å². The van der Waals surface area contributed by atoms with Crippen molar-refractivity contribution in [3.8, 4) is 11.5 Å². The zero-order valence-electron chi connectivity index (χ0n) is 13.8. The van der Waals surface area contributed by atoms with Gasteiger partial charge in [-0.1, -0.05) is 6.07 Å². The first-order chi connectivity index (χ1) is 12.0. The fourth-order valence-corrected chi connectivity index (χ4v) is 5.40. The van der Waals surface area contributed by atoms with E-state index >= 15 is 0 Å². The van der Waals surface area contributed by atoms with Crippen molar-refractivity contribution in [2.24, 2.45) is 5.92 Å². The van der Waals surface area contributed by atoms with Gasteiger partial charge < -0.3 is 9.47 Å². The van der Waals surface area contributed by atoms with Crippen LogP contribution in [0, 0.1) is 5.92 Å². The van der Waals surface area contributed by atoms with E-state index in [0.29, 0.717) is 35.1 Å². The number of sulfonamides is 1. The fraction of sp³-hybridized carbons (Fsp3) is 0.353. The van der Waals surface area contributed by atoms with Crippen molar-refractivity contribution in [3.05, 3.63) is 41.8 Å². The molecule has 1 unspecified atom stereocenters. The summed E-state index contributed by atoms with van der Waals surface area (Å²) in [6, 6.07) is 10.0. The van der Waals surface area contributed by atoms with Crippen molar-refractivity contribution in [3.63, 3.8) is 0 Å². The second-order valence-corrected chi connectivity index (χ2v) is 8.84. The number of rotatable bonds is 5. The monoisotopic (exact) mass is 381 g/mol. The van der Waals surface area contributed by atoms with Crippen LogP contribution in [0.25, 0.3) is 0 Å². The van der Waals surface area contributed by atoms with Gasteiger partial charge in [0.25, 0.3) is 10.0 Å². The molecule has 1 aliphatic heterocycles. The quantitative estimate of drug-likeness (QED) is 0.588. The molecule has 134 valence electrons. The number of carbonyl (C=O) groups is 1. The molecule has 8 heteroatoms. The summed E-state index contributed by atoms with van der Waals surface area (Å²) in [5, 5.41) is 1.73. The van der Waals surface area contributed by atoms with Crippen LogP contribution in [0.1, 0.15) is 12.8 Å². The Morgan fingerprint density at radius 2 is 1.92 bits per heavy atom. The first-order valence-corrected chi connectivity index (χ1v) is 10.2. The number of carbonyl (C=O) groups excluding carboxylic acids is 1. The van der Waals surface area contributed by atoms with Gasteiger partial charge in [-0.25, -0.2) is 8.42 Å². The van der Waals surface area contributed by atoms with Crippen molar-refractivity contribution in [2.45, 2.75) is 17.1 Å². The highest BCUT2D eigenvalue weighted by molar-refractivity contribution is 7.91. The number of hydrogen-bond donors (Lipinski definition) is 0. The highest BCUT2D eigenvalue weighted by Crippen LogP contribution is 2.27. The Bertz CT molecular complexity index is 815. The average Bonchev–Trinajstić information content (AvgIpc) is 3.18. The van der Waals surface area contributed by atoms with Crippen LogP contribution in [-0.2, 0) is 14.8 Å². The van der Waals surface area contributed by atoms with E-state index in [1.165, 1.54) is 15.6 Å². The van der Waals surface area contributed by atoms with Crippen molar-refractivity contribution in [1.82, 2.24) is 4.31 Å². The molecule has 0 N–H and O–H groups in total. The second kappa shape index (κ2) is 7.55. The third-order valence-electron chi connectivity index (χ3n) is 4.08. The number of methoxy groups -OCH3 is 1. The molecule has 1 fully saturated rings. The van der Waals surface area contributed by atoms with Crippen molar-refractivity contribution < 1.29 is 22.7 Å². The molecule has 2 aromatic rings. The first kappa shape index (κ1) is 17.9. The van der Waals surface area contributed by atoms with Gasteiger partial charge in [0.05, 0.1) is 13.0 Å². The Kier molecular flexibility index (Phi) is 5.41. The number of piperidine rings is 1. The minimum Gasteiger partial charge on any atom is -0.497 e. The van der Waals surface area contributed by atoms with Gasteiger partial charge >= 0.3 is 5.97 Å². The molecular weight excluding hydrogens is 362 g/mol. The predicted octanol–water partition coefficient (Wildman–Crippen LogP) is 2.76. The summed E-state index contributed by atoms with van der Waals surface area (Å²) < 4.78 is 37.4. The maximum atomic E-state index is 12.6. The lowest BCUT2D eigenvalue weighted by molar-refractivity contribution is -0.140. The summed E-state index contributed by atoms with van der Waals surface area (Å²) in [4.78, 5) is 12.4. The van der Waals surface area contributed by atoms with Gasteiger partial charge in [0.1, 0.15) is 15.7 Å². The van der Waals surface area contributed by atoms with E-state index in [1.807, 2.05) is 0 Å². The molecule has 1 aliphatic rings. The van der Waals surface area contributed by atoms with Gasteiger partial charge in [-0.05, 0) is 48.6 Å². The van der Waals surface area contributed by atoms with E-state index in [0.717, 1.165) is 0 Å². The number of benzene rings is 1. The van der Waals surface area contributed by atoms with Crippen LogP contribution in [0.2, 0.25) is 0 Å². The minimum absolute atomic E-state index is 0.148. The molecule has 2 heterocycles. The van der Waals surface area contributed by atoms with E-state index in [4.69, 9.17) is 9.47 Å². The lowest BCUT2D eigenvalue weighted by Gasteiger charge is -2.30. The molecule has 1 saturated heterocycles. The third kappa shape index (κ3) is 4.02. The molecule has 3 rings (SSSR count). The first-order valence-electron chi connectivity index (χ1n) is 7.90. The number of thiophene rings is 1. The maximum Gasteiger partial charge on any atom is 0.315 e. The molecule has 1 aromatic heterocycles. The Morgan fingerprint density at radius 3 is 2.56 bits per heavy atom. The number of nitrogens with zero attached hydrogens (tertiary/aromatic N) is 1. The van der Waals surface area contributed by atoms with E-state index in [2.05, 4.69) is 0 Å². The largest absolute Gasteiger partial charge is 0.497 e. The standard InChI is InChI=1S/C17H19NO5S2/c1-22-14-6-8-15(9-7-14)23-17(19)13-4-2-10-18(12-13)25(20,21)16-5-3-11-24-16/h3,5-9,11,13H,2,4,10,12H2,1H3. The molecular formula is C17H19NO5S2. The maximum absolute atomic E-state index is 12.6. The van der Waals surface area contributed by atoms with E-state index in [-0.39, 0.29) is 6.54 Å². The molecule has 0 amide bonds. The molecule has 6 nitrogen and oxygen atoms in total. The molecule has 1 aromatic carbocycles. The average molecular weight is 381 g/mol. The zero-order chi connectivity index (χ0) is 17.9. The lowest BCUT2D eigenvalue weighted by atomic mass is 10.00. The van der Waals surface area contributed by atoms with Gasteiger partial charge in [-0.3, -0.25) is 4.79 Å². The van der Waals surface area contributed by atoms with Crippen LogP contribution in [0.4, 0.5) is 0 Å². The molecule has 0 bridgehead atoms. The normalized spacial score (nSPS) is 18.7. The Hall–Kier alpha value is -1.90. The molecule has 25 heavy (non-hydrogen) atoms. The summed E-state index contributed by atoms with van der Waals surface area (Å²) in [6.45, 7) is 0.571. The van der Waals surface area contributed by atoms with Crippen LogP contribution in [0.5, 0.6) is 11.5 Å². The summed E-state index contributed by atoms with van der Waals surface area (Å²) >= 11 is 1.18. The highest BCUT2D eigenvalue weighted by Gasteiger charge is 2.34. The topological polar surface area (TPSA) is 72.9 Å². The van der Waals surface area contributed by atoms with Gasteiger partial charge in [-0.2, -0.15) is 4.31 Å². The Labute approximate surface area is 151 Å². The van der Waals surface area contributed by atoms with Gasteiger partial charge in [0, 0.05) is 13.1 Å². The molecule has 0 spiro atoms. The number of ether oxygens (including phenoxy) is 2. The Morgan fingerprint density at radius 1 is 1.20 bits per heavy atom. The molecule has 1 atom stereocenters. The summed E-state index contributed by atoms with van der Waals surface area (Å²) in [5.74, 6) is 0.219. The van der Waals surface area contributed by atoms with Crippen LogP contribution < -0.4 is 9.47 Å². The lowest BCUT2D eigenvalue weighted by Crippen LogP contribution is -2.43. The van der Waals surface area contributed by atoms with Crippen LogP contribution >= 0.6 is 11.3 Å². The van der Waals surface area contributed by atoms with E-state index < -0.39 is 21.9 Å². The Balaban J connectivity index is 1.67. The zero-order valence-corrected chi connectivity index (χ0v) is 15.4. The third-order valence-corrected chi connectivity index (χ3v) is 7.32. The summed E-state index contributed by atoms with van der Waals surface area (Å²) in [5.41, 5.74) is 0. The number of esters is 1. The molecule has 0 saturated carbocycles. The second-order valence-electron chi connectivity index (χ2n) is 5.73. The molecule has 0 radical (unpaired) electrons. The number of hydrogen-bond acceptors (Lipinski definition) is 6. The molecule has 0 aliphatic carbocycles. The van der Waals surface area contributed by atoms with Crippen molar-refractivity contribution in [2.75, 3.05) is 20.2 Å². The van der Waals surface area contributed by atoms with Gasteiger partial charge in [-0.15, -0.1) is 11.3 Å². The fourth-order valence-electron chi connectivity index (χ4n) is 2.73. The van der Waals surface area contributed by atoms with Crippen molar-refractivity contribution >= 4 is 27.3 Å². The van der Waals surface area contributed by atoms with E-state index in [9.17, 15) is 13.2 Å². The van der Waals surface area contributed by atoms with Gasteiger partial charge in [0.15, 0.2) is 0 Å². The van der Waals surface area contributed by atoms with Crippen molar-refractivity contribution in [1.29, 1.82) is 0 Å². The van der Waals surface area contributed by atoms with Gasteiger partial charge in [0.2, 0.25) is 0 Å². The SMILES string of the molecule is COc1ccc(OC(=O)C2CCCN(S(=O)(=O)c3cccs3)C2)cc1. The smallest absolute Gasteiger partial charge is 0.315 e. The highest BCUT2D eigenvalue weighted by atomic mass is 32.2. The predicted molar refractivity (Wildman–Crippen MR) is 94.4 cm³/mol. The summed E-state index contributed by atoms with van der Waals surface area (Å²) in [6.07, 6.45) is 1.25. The summed E-state index contributed by atoms with van der Waals surface area (Å²) in [7, 11) is -1.98.